The van der Waals surface area contributed by atoms with Gasteiger partial charge in [-0.3, -0.25) is 0 Å². The molecule has 0 aromatic heterocycles. The second-order valence-corrected chi connectivity index (χ2v) is 1.82. The first-order valence-electron chi connectivity index (χ1n) is 2.69. The summed E-state index contributed by atoms with van der Waals surface area (Å²) in [5, 5.41) is 25.0. The van der Waals surface area contributed by atoms with Crippen LogP contribution in [0.1, 0.15) is 0 Å². The molecule has 0 amide bonds. The summed E-state index contributed by atoms with van der Waals surface area (Å²) in [7, 11) is 0. The highest BCUT2D eigenvalue weighted by molar-refractivity contribution is 5.56. The van der Waals surface area contributed by atoms with Crippen LogP contribution < -0.4 is 0 Å². The number of carbonyl (C=O) groups excluding carboxylic acids is 1. The molecule has 0 aliphatic heterocycles. The Morgan fingerprint density at radius 3 is 2.30 bits per heavy atom. The van der Waals surface area contributed by atoms with E-state index in [9.17, 15) is 9.18 Å². The molecule has 0 saturated heterocycles. The van der Waals surface area contributed by atoms with Gasteiger partial charge in [-0.05, 0) is 0 Å². The summed E-state index contributed by atoms with van der Waals surface area (Å²) in [6.45, 7) is -0.813. The van der Waals surface area contributed by atoms with Gasteiger partial charge in [0, 0.05) is 0 Å². The van der Waals surface area contributed by atoms with Gasteiger partial charge in [0.2, 0.25) is 0 Å². The zero-order valence-electron chi connectivity index (χ0n) is 5.14. The second kappa shape index (κ2) is 4.32. The quantitative estimate of drug-likeness (QED) is 0.416. The number of hydrogen-bond donors (Lipinski definition) is 3. The molecule has 0 radical (unpaired) electrons. The van der Waals surface area contributed by atoms with Crippen LogP contribution in [0, 0.1) is 0 Å². The second-order valence-electron chi connectivity index (χ2n) is 1.82. The van der Waals surface area contributed by atoms with E-state index in [0.29, 0.717) is 0 Å². The lowest BCUT2D eigenvalue weighted by molar-refractivity contribution is -0.121. The van der Waals surface area contributed by atoms with Crippen molar-refractivity contribution >= 4 is 6.29 Å². The highest BCUT2D eigenvalue weighted by atomic mass is 18.2. The molecule has 4 nitrogen and oxygen atoms in total. The van der Waals surface area contributed by atoms with Crippen molar-refractivity contribution in [2.75, 3.05) is 6.61 Å². The van der Waals surface area contributed by atoms with E-state index in [0.717, 1.165) is 0 Å². The number of carbonyl (C=O) groups is 1. The van der Waals surface area contributed by atoms with Crippen molar-refractivity contribution < 1.29 is 24.5 Å². The van der Waals surface area contributed by atoms with E-state index in [1.807, 2.05) is 0 Å². The van der Waals surface area contributed by atoms with Crippen LogP contribution in [-0.2, 0) is 4.79 Å². The van der Waals surface area contributed by atoms with E-state index in [2.05, 4.69) is 0 Å². The number of halogens is 1. The lowest BCUT2D eigenvalue weighted by Crippen LogP contribution is -2.36. The lowest BCUT2D eigenvalue weighted by atomic mass is 10.1. The third kappa shape index (κ3) is 2.38. The largest absolute Gasteiger partial charge is 0.394 e. The Labute approximate surface area is 56.9 Å². The van der Waals surface area contributed by atoms with Crippen LogP contribution in [0.25, 0.3) is 0 Å². The third-order valence-corrected chi connectivity index (χ3v) is 1.02. The Kier molecular flexibility index (Phi) is 4.10. The topological polar surface area (TPSA) is 77.8 Å². The first-order valence-corrected chi connectivity index (χ1v) is 2.69. The average Bonchev–Trinajstić information content (AvgIpc) is 2.00. The SMILES string of the molecule is O=C[C@H](O)[C@H]([18F])[C@H](O)CO. The summed E-state index contributed by atoms with van der Waals surface area (Å²) in [5.41, 5.74) is 0. The maximum Gasteiger partial charge on any atom is 0.161 e. The van der Waals surface area contributed by atoms with E-state index >= 15 is 0 Å². The van der Waals surface area contributed by atoms with Gasteiger partial charge in [0.15, 0.2) is 12.5 Å². The standard InChI is InChI=1S/C5H9FO4/c6-5(3(9)1-7)4(10)2-8/h1,3-5,8-10H,2H2/t3-,4+,5-/m0/s1/i6-1. The van der Waals surface area contributed by atoms with E-state index < -0.39 is 25.0 Å². The number of aliphatic hydroxyl groups is 3. The van der Waals surface area contributed by atoms with Crippen molar-refractivity contribution in [3.8, 4) is 0 Å². The molecule has 0 aromatic carbocycles. The number of aliphatic hydroxyl groups excluding tert-OH is 3. The van der Waals surface area contributed by atoms with Crippen LogP contribution >= 0.6 is 0 Å². The number of rotatable bonds is 4. The molecular weight excluding hydrogens is 142 g/mol. The minimum atomic E-state index is -2.11. The average molecular weight is 151 g/mol. The summed E-state index contributed by atoms with van der Waals surface area (Å²) in [6, 6.07) is 0. The van der Waals surface area contributed by atoms with Crippen LogP contribution in [-0.4, -0.2) is 46.6 Å². The number of alkyl halides is 1. The lowest BCUT2D eigenvalue weighted by Gasteiger charge is -2.13. The molecule has 0 aromatic rings. The first kappa shape index (κ1) is 9.48. The Morgan fingerprint density at radius 2 is 2.00 bits per heavy atom. The molecule has 0 aliphatic rings. The van der Waals surface area contributed by atoms with Crippen molar-refractivity contribution in [1.82, 2.24) is 0 Å². The van der Waals surface area contributed by atoms with Crippen molar-refractivity contribution in [3.63, 3.8) is 0 Å². The van der Waals surface area contributed by atoms with Gasteiger partial charge >= 0.3 is 0 Å². The fourth-order valence-corrected chi connectivity index (χ4v) is 0.403. The zero-order valence-corrected chi connectivity index (χ0v) is 5.14. The minimum absolute atomic E-state index is 0.0381. The van der Waals surface area contributed by atoms with Crippen molar-refractivity contribution in [2.24, 2.45) is 0 Å². The molecule has 0 rings (SSSR count). The van der Waals surface area contributed by atoms with Crippen molar-refractivity contribution in [3.05, 3.63) is 0 Å². The molecule has 0 bridgehead atoms. The van der Waals surface area contributed by atoms with Gasteiger partial charge in [0.05, 0.1) is 6.61 Å². The van der Waals surface area contributed by atoms with Crippen LogP contribution in [0.2, 0.25) is 0 Å². The first-order chi connectivity index (χ1) is 4.63. The molecule has 3 atom stereocenters. The van der Waals surface area contributed by atoms with Gasteiger partial charge in [0.25, 0.3) is 0 Å². The molecule has 0 heterocycles. The monoisotopic (exact) mass is 151 g/mol. The summed E-state index contributed by atoms with van der Waals surface area (Å²) in [6.07, 6.45) is -5.70. The fourth-order valence-electron chi connectivity index (χ4n) is 0.403. The molecule has 5 heteroatoms. The molecule has 0 unspecified atom stereocenters. The highest BCUT2D eigenvalue weighted by Crippen LogP contribution is 2.02. The molecule has 10 heavy (non-hydrogen) atoms. The van der Waals surface area contributed by atoms with Gasteiger partial charge < -0.3 is 20.1 Å². The normalized spacial score (nSPS) is 19.6. The summed E-state index contributed by atoms with van der Waals surface area (Å²) in [5.74, 6) is 0. The summed E-state index contributed by atoms with van der Waals surface area (Å²) < 4.78 is 12.3. The van der Waals surface area contributed by atoms with E-state index in [1.165, 1.54) is 0 Å². The predicted molar refractivity (Wildman–Crippen MR) is 30.1 cm³/mol. The van der Waals surface area contributed by atoms with E-state index in [1.54, 1.807) is 0 Å². The van der Waals surface area contributed by atoms with Gasteiger partial charge in [-0.25, -0.2) is 4.39 Å². The van der Waals surface area contributed by atoms with Gasteiger partial charge in [-0.15, -0.1) is 0 Å². The Balaban J connectivity index is 3.80. The molecule has 0 saturated carbocycles. The number of aldehydes is 1. The smallest absolute Gasteiger partial charge is 0.161 e. The van der Waals surface area contributed by atoms with Crippen LogP contribution in [0.15, 0.2) is 0 Å². The van der Waals surface area contributed by atoms with Crippen LogP contribution in [0.5, 0.6) is 0 Å². The molecule has 0 aliphatic carbocycles. The van der Waals surface area contributed by atoms with Gasteiger partial charge in [0.1, 0.15) is 12.2 Å². The predicted octanol–water partition coefficient (Wildman–Crippen LogP) is -1.76. The molecular formula is C5H9FO4. The van der Waals surface area contributed by atoms with Gasteiger partial charge in [-0.2, -0.15) is 0 Å². The van der Waals surface area contributed by atoms with Crippen LogP contribution in [0.4, 0.5) is 4.39 Å². The summed E-state index contributed by atoms with van der Waals surface area (Å²) in [4.78, 5) is 9.68. The maximum absolute atomic E-state index is 12.3. The van der Waals surface area contributed by atoms with E-state index in [-0.39, 0.29) is 6.29 Å². The maximum atomic E-state index is 12.3. The fraction of sp³-hybridized carbons (Fsp3) is 0.800. The number of hydrogen-bond acceptors (Lipinski definition) is 4. The zero-order chi connectivity index (χ0) is 8.15. The highest BCUT2D eigenvalue weighted by Gasteiger charge is 2.25. The molecule has 0 fully saturated rings. The van der Waals surface area contributed by atoms with Gasteiger partial charge in [-0.1, -0.05) is 0 Å². The van der Waals surface area contributed by atoms with Crippen LogP contribution in [0.3, 0.4) is 0 Å². The Bertz CT molecular complexity index is 108. The molecule has 3 N–H and O–H groups in total. The minimum Gasteiger partial charge on any atom is -0.394 e. The molecule has 60 valence electrons. The summed E-state index contributed by atoms with van der Waals surface area (Å²) >= 11 is 0. The van der Waals surface area contributed by atoms with E-state index in [4.69, 9.17) is 15.3 Å². The molecule has 0 spiro atoms. The van der Waals surface area contributed by atoms with Crippen molar-refractivity contribution in [1.29, 1.82) is 0 Å². The third-order valence-electron chi connectivity index (χ3n) is 1.02. The Morgan fingerprint density at radius 1 is 1.50 bits per heavy atom. The van der Waals surface area contributed by atoms with Crippen molar-refractivity contribution in [2.45, 2.75) is 18.4 Å². The Hall–Kier alpha value is -0.520.